The third-order valence-electron chi connectivity index (χ3n) is 4.45. The topological polar surface area (TPSA) is 151 Å². The SMILES string of the molecule is CC(C)=CCN(Cc1cn([C@@H]2OC(COP(C)(=O)Cl)=C(O)C2O)c(=O)[nH]c1=O)C(=O)C(F)(F)F. The molecule has 0 spiro atoms. The van der Waals surface area contributed by atoms with Crippen molar-refractivity contribution < 1.29 is 42.0 Å². The highest BCUT2D eigenvalue weighted by Gasteiger charge is 2.43. The molecule has 1 aliphatic rings. The zero-order chi connectivity index (χ0) is 26.0. The minimum Gasteiger partial charge on any atom is -0.506 e. The van der Waals surface area contributed by atoms with Crippen molar-refractivity contribution in [2.24, 2.45) is 0 Å². The lowest BCUT2D eigenvalue weighted by Gasteiger charge is -2.23. The van der Waals surface area contributed by atoms with E-state index in [1.807, 2.05) is 4.98 Å². The van der Waals surface area contributed by atoms with Crippen LogP contribution in [0.4, 0.5) is 13.2 Å². The van der Waals surface area contributed by atoms with Crippen molar-refractivity contribution in [3.63, 3.8) is 0 Å². The molecule has 1 aromatic heterocycles. The molecule has 1 aliphatic heterocycles. The lowest BCUT2D eigenvalue weighted by atomic mass is 10.2. The van der Waals surface area contributed by atoms with Crippen LogP contribution in [-0.4, -0.2) is 62.7 Å². The number of H-pyrrole nitrogens is 1. The van der Waals surface area contributed by atoms with Crippen LogP contribution in [0.3, 0.4) is 0 Å². The predicted molar refractivity (Wildman–Crippen MR) is 113 cm³/mol. The van der Waals surface area contributed by atoms with E-state index in [9.17, 15) is 42.3 Å². The summed E-state index contributed by atoms with van der Waals surface area (Å²) >= 11 is 5.46. The first-order valence-electron chi connectivity index (χ1n) is 9.53. The molecule has 0 aromatic carbocycles. The molecule has 0 aliphatic carbocycles. The van der Waals surface area contributed by atoms with E-state index in [2.05, 4.69) is 0 Å². The lowest BCUT2D eigenvalue weighted by molar-refractivity contribution is -0.185. The number of ether oxygens (including phenoxy) is 1. The lowest BCUT2D eigenvalue weighted by Crippen LogP contribution is -2.43. The molecule has 2 rings (SSSR count). The molecule has 3 N–H and O–H groups in total. The first kappa shape index (κ1) is 27.7. The Morgan fingerprint density at radius 3 is 2.56 bits per heavy atom. The fourth-order valence-corrected chi connectivity index (χ4v) is 3.28. The van der Waals surface area contributed by atoms with Crippen LogP contribution in [0.1, 0.15) is 25.6 Å². The van der Waals surface area contributed by atoms with E-state index in [1.165, 1.54) is 6.08 Å². The van der Waals surface area contributed by atoms with Crippen LogP contribution in [0.2, 0.25) is 0 Å². The van der Waals surface area contributed by atoms with E-state index < -0.39 is 79.2 Å². The van der Waals surface area contributed by atoms with Gasteiger partial charge in [0.05, 0.1) is 12.1 Å². The van der Waals surface area contributed by atoms with Gasteiger partial charge in [0.25, 0.3) is 12.3 Å². The number of halogens is 4. The molecule has 190 valence electrons. The summed E-state index contributed by atoms with van der Waals surface area (Å²) in [5.74, 6) is -3.38. The number of aromatic nitrogens is 2. The van der Waals surface area contributed by atoms with Crippen LogP contribution in [0, 0.1) is 0 Å². The Kier molecular flexibility index (Phi) is 8.46. The molecule has 1 amide bonds. The van der Waals surface area contributed by atoms with Crippen LogP contribution < -0.4 is 11.2 Å². The Morgan fingerprint density at radius 2 is 2.03 bits per heavy atom. The van der Waals surface area contributed by atoms with Gasteiger partial charge in [-0.2, -0.15) is 13.2 Å². The Labute approximate surface area is 195 Å². The van der Waals surface area contributed by atoms with Crippen molar-refractivity contribution in [2.75, 3.05) is 19.8 Å². The van der Waals surface area contributed by atoms with Crippen LogP contribution in [-0.2, 0) is 25.2 Å². The highest BCUT2D eigenvalue weighted by atomic mass is 35.7. The number of hydrogen-bond acceptors (Lipinski definition) is 8. The zero-order valence-corrected chi connectivity index (χ0v) is 19.8. The summed E-state index contributed by atoms with van der Waals surface area (Å²) in [7, 11) is 0. The molecule has 16 heteroatoms. The van der Waals surface area contributed by atoms with Gasteiger partial charge in [-0.05, 0) is 25.1 Å². The number of alkyl halides is 3. The van der Waals surface area contributed by atoms with Gasteiger partial charge < -0.3 is 24.4 Å². The highest BCUT2D eigenvalue weighted by Crippen LogP contribution is 2.49. The average Bonchev–Trinajstić information content (AvgIpc) is 2.97. The molecule has 34 heavy (non-hydrogen) atoms. The molecule has 11 nitrogen and oxygen atoms in total. The number of nitrogens with zero attached hydrogens (tertiary/aromatic N) is 2. The average molecular weight is 532 g/mol. The molecule has 2 unspecified atom stereocenters. The minimum atomic E-state index is -5.22. The van der Waals surface area contributed by atoms with Gasteiger partial charge in [0.15, 0.2) is 17.6 Å². The Bertz CT molecular complexity index is 1170. The van der Waals surface area contributed by atoms with E-state index in [0.717, 1.165) is 12.9 Å². The quantitative estimate of drug-likeness (QED) is 0.341. The van der Waals surface area contributed by atoms with Gasteiger partial charge >= 0.3 is 17.8 Å². The van der Waals surface area contributed by atoms with Gasteiger partial charge in [-0.3, -0.25) is 23.7 Å². The number of allylic oxidation sites excluding steroid dienone is 1. The smallest absolute Gasteiger partial charge is 0.471 e. The van der Waals surface area contributed by atoms with Crippen LogP contribution in [0.5, 0.6) is 0 Å². The summed E-state index contributed by atoms with van der Waals surface area (Å²) in [6, 6.07) is 0. The normalized spacial score (nSPS) is 20.0. The van der Waals surface area contributed by atoms with Gasteiger partial charge in [0.2, 0.25) is 6.23 Å². The van der Waals surface area contributed by atoms with E-state index in [4.69, 9.17) is 20.5 Å². The van der Waals surface area contributed by atoms with Crippen molar-refractivity contribution in [3.8, 4) is 0 Å². The summed E-state index contributed by atoms with van der Waals surface area (Å²) in [4.78, 5) is 38.6. The Balaban J connectivity index is 2.38. The molecule has 0 radical (unpaired) electrons. The predicted octanol–water partition coefficient (Wildman–Crippen LogP) is 2.13. The molecule has 0 saturated carbocycles. The number of amides is 1. The van der Waals surface area contributed by atoms with E-state index in [-0.39, 0.29) is 0 Å². The summed E-state index contributed by atoms with van der Waals surface area (Å²) in [5, 5.41) is 20.3. The van der Waals surface area contributed by atoms with E-state index >= 15 is 0 Å². The molecule has 0 bridgehead atoms. The summed E-state index contributed by atoms with van der Waals surface area (Å²) in [5.41, 5.74) is -2.01. The number of carbonyl (C=O) groups is 1. The van der Waals surface area contributed by atoms with Gasteiger partial charge in [-0.25, -0.2) is 4.79 Å². The largest absolute Gasteiger partial charge is 0.506 e. The van der Waals surface area contributed by atoms with Gasteiger partial charge in [-0.1, -0.05) is 11.6 Å². The molecule has 0 saturated heterocycles. The number of nitrogens with one attached hydrogen (secondary N) is 1. The Morgan fingerprint density at radius 1 is 1.41 bits per heavy atom. The van der Waals surface area contributed by atoms with E-state index in [0.29, 0.717) is 15.0 Å². The second-order valence-electron chi connectivity index (χ2n) is 7.57. The van der Waals surface area contributed by atoms with Gasteiger partial charge in [0, 0.05) is 19.4 Å². The van der Waals surface area contributed by atoms with Crippen molar-refractivity contribution in [1.82, 2.24) is 14.5 Å². The molecule has 0 fully saturated rings. The standard InChI is InChI=1S/C18H22ClF3N3O8P/c1-9(2)4-5-24(16(29)18(20,21)22)6-10-7-25(17(30)23-14(10)28)15-13(27)12(26)11(33-15)8-32-34(3,19)31/h4,7,13,15,26-27H,5-6,8H2,1-3H3,(H,23,28,30)/t13?,15-,34?/m1/s1. The summed E-state index contributed by atoms with van der Waals surface area (Å²) < 4.78 is 61.3. The molecule has 2 heterocycles. The third kappa shape index (κ3) is 6.98. The van der Waals surface area contributed by atoms with Gasteiger partial charge in [-0.15, -0.1) is 0 Å². The first-order valence-corrected chi connectivity index (χ1v) is 12.5. The first-order chi connectivity index (χ1) is 15.5. The molecular formula is C18H22ClF3N3O8P. The summed E-state index contributed by atoms with van der Waals surface area (Å²) in [6.07, 6.45) is -6.57. The zero-order valence-electron chi connectivity index (χ0n) is 18.1. The second-order valence-corrected chi connectivity index (χ2v) is 11.2. The number of carbonyl (C=O) groups excluding carboxylic acids is 1. The number of aliphatic hydroxyl groups excluding tert-OH is 2. The third-order valence-corrected chi connectivity index (χ3v) is 5.33. The van der Waals surface area contributed by atoms with Crippen LogP contribution in [0.15, 0.2) is 39.0 Å². The van der Waals surface area contributed by atoms with Gasteiger partial charge in [0.1, 0.15) is 6.61 Å². The van der Waals surface area contributed by atoms with Crippen molar-refractivity contribution >= 4 is 23.9 Å². The summed E-state index contributed by atoms with van der Waals surface area (Å²) in [6.45, 7) is -1.18. The monoisotopic (exact) mass is 531 g/mol. The second kappa shape index (κ2) is 10.4. The maximum Gasteiger partial charge on any atom is 0.471 e. The number of aromatic amines is 1. The van der Waals surface area contributed by atoms with Crippen molar-refractivity contribution in [3.05, 3.63) is 55.8 Å². The number of hydrogen-bond donors (Lipinski definition) is 3. The minimum absolute atomic E-state index is 0.354. The maximum absolute atomic E-state index is 13.0. The highest BCUT2D eigenvalue weighted by molar-refractivity contribution is 7.84. The maximum atomic E-state index is 13.0. The van der Waals surface area contributed by atoms with Crippen molar-refractivity contribution in [1.29, 1.82) is 0 Å². The molecule has 1 aromatic rings. The van der Waals surface area contributed by atoms with Crippen molar-refractivity contribution in [2.45, 2.75) is 38.9 Å². The fourth-order valence-electron chi connectivity index (χ4n) is 2.79. The molecular weight excluding hydrogens is 510 g/mol. The van der Waals surface area contributed by atoms with E-state index in [1.54, 1.807) is 13.8 Å². The fraction of sp³-hybridized carbons (Fsp3) is 0.500. The Hall–Kier alpha value is -2.54. The number of aliphatic hydroxyl groups is 2. The molecule has 3 atom stereocenters. The van der Waals surface area contributed by atoms with Crippen LogP contribution in [0.25, 0.3) is 0 Å². The number of rotatable bonds is 8. The van der Waals surface area contributed by atoms with Crippen LogP contribution >= 0.6 is 18.0 Å².